The summed E-state index contributed by atoms with van der Waals surface area (Å²) in [5.74, 6) is -3.61. The van der Waals surface area contributed by atoms with Crippen molar-refractivity contribution in [3.8, 4) is 28.7 Å². The van der Waals surface area contributed by atoms with Crippen molar-refractivity contribution < 1.29 is 43.9 Å². The standard InChI is InChI=1S/C18H12O9/c1-5-3-8(20)7(4-19)14-9(5)16(22)26-13-6(2)12(21)10-11(15(13)25-14)18(24)27-17(10)23/h3-4,18,20-21,24H,1-2H3. The van der Waals surface area contributed by atoms with E-state index in [0.29, 0.717) is 6.29 Å². The van der Waals surface area contributed by atoms with Gasteiger partial charge in [0.25, 0.3) is 0 Å². The van der Waals surface area contributed by atoms with E-state index >= 15 is 0 Å². The maximum atomic E-state index is 12.6. The first-order valence-corrected chi connectivity index (χ1v) is 7.76. The molecule has 0 fully saturated rings. The molecule has 2 heterocycles. The minimum absolute atomic E-state index is 0.00508. The largest absolute Gasteiger partial charge is 0.507 e. The normalized spacial score (nSPS) is 17.1. The number of carbonyl (C=O) groups is 3. The summed E-state index contributed by atoms with van der Waals surface area (Å²) in [5, 5.41) is 30.4. The lowest BCUT2D eigenvalue weighted by molar-refractivity contribution is -0.0555. The molecule has 1 unspecified atom stereocenters. The van der Waals surface area contributed by atoms with E-state index in [1.807, 2.05) is 0 Å². The van der Waals surface area contributed by atoms with Gasteiger partial charge in [0.2, 0.25) is 6.29 Å². The van der Waals surface area contributed by atoms with Crippen LogP contribution in [-0.2, 0) is 4.74 Å². The Morgan fingerprint density at radius 1 is 1.00 bits per heavy atom. The van der Waals surface area contributed by atoms with Crippen molar-refractivity contribution in [1.82, 2.24) is 0 Å². The number of phenolic OH excluding ortho intramolecular Hbond substituents is 2. The number of aldehydes is 1. The van der Waals surface area contributed by atoms with Gasteiger partial charge in [0, 0.05) is 5.56 Å². The molecule has 2 aliphatic heterocycles. The number of ether oxygens (including phenoxy) is 3. The van der Waals surface area contributed by atoms with E-state index in [1.54, 1.807) is 0 Å². The molecule has 0 radical (unpaired) electrons. The van der Waals surface area contributed by atoms with Crippen LogP contribution in [0.3, 0.4) is 0 Å². The third kappa shape index (κ3) is 2.12. The number of carbonyl (C=O) groups excluding carboxylic acids is 3. The lowest BCUT2D eigenvalue weighted by atomic mass is 10.0. The van der Waals surface area contributed by atoms with Crippen LogP contribution in [0.15, 0.2) is 6.07 Å². The lowest BCUT2D eigenvalue weighted by Gasteiger charge is -2.16. The molecule has 0 saturated heterocycles. The Hall–Kier alpha value is -3.59. The SMILES string of the molecule is Cc1cc(O)c(C=O)c2c1C(=O)Oc1c(C)c(O)c3c(c1O2)C(O)OC3=O. The average molecular weight is 372 g/mol. The van der Waals surface area contributed by atoms with Crippen LogP contribution >= 0.6 is 0 Å². The lowest BCUT2D eigenvalue weighted by Crippen LogP contribution is -2.11. The van der Waals surface area contributed by atoms with Gasteiger partial charge in [0.05, 0.1) is 11.1 Å². The van der Waals surface area contributed by atoms with E-state index in [2.05, 4.69) is 0 Å². The number of phenols is 2. The van der Waals surface area contributed by atoms with E-state index in [1.165, 1.54) is 19.9 Å². The van der Waals surface area contributed by atoms with Crippen LogP contribution < -0.4 is 9.47 Å². The molecule has 0 spiro atoms. The number of aromatic hydroxyl groups is 2. The number of aliphatic hydroxyl groups excluding tert-OH is 1. The summed E-state index contributed by atoms with van der Waals surface area (Å²) in [6.45, 7) is 2.88. The van der Waals surface area contributed by atoms with Crippen molar-refractivity contribution in [2.75, 3.05) is 0 Å². The van der Waals surface area contributed by atoms with Gasteiger partial charge in [0.15, 0.2) is 23.5 Å². The first-order chi connectivity index (χ1) is 12.8. The van der Waals surface area contributed by atoms with Crippen LogP contribution in [0.1, 0.15) is 54.1 Å². The molecule has 1 atom stereocenters. The highest BCUT2D eigenvalue weighted by molar-refractivity contribution is 6.03. The molecular formula is C18H12O9. The van der Waals surface area contributed by atoms with Gasteiger partial charge in [-0.05, 0) is 25.5 Å². The van der Waals surface area contributed by atoms with Gasteiger partial charge in [0.1, 0.15) is 22.6 Å². The summed E-state index contributed by atoms with van der Waals surface area (Å²) in [6.07, 6.45) is -1.47. The number of cyclic esters (lactones) is 1. The summed E-state index contributed by atoms with van der Waals surface area (Å²) in [4.78, 5) is 36.0. The topological polar surface area (TPSA) is 140 Å². The average Bonchev–Trinajstić information content (AvgIpc) is 2.79. The summed E-state index contributed by atoms with van der Waals surface area (Å²) < 4.78 is 15.7. The van der Waals surface area contributed by atoms with Crippen molar-refractivity contribution in [2.45, 2.75) is 20.1 Å². The van der Waals surface area contributed by atoms with Crippen LogP contribution in [0, 0.1) is 13.8 Å². The predicted octanol–water partition coefficient (Wildman–Crippen LogP) is 2.01. The Labute approximate surface area is 151 Å². The highest BCUT2D eigenvalue weighted by Gasteiger charge is 2.42. The van der Waals surface area contributed by atoms with Gasteiger partial charge in [-0.1, -0.05) is 0 Å². The summed E-state index contributed by atoms with van der Waals surface area (Å²) in [6, 6.07) is 1.21. The molecule has 0 amide bonds. The number of hydrogen-bond donors (Lipinski definition) is 3. The monoisotopic (exact) mass is 372 g/mol. The predicted molar refractivity (Wildman–Crippen MR) is 86.5 cm³/mol. The Morgan fingerprint density at radius 3 is 2.37 bits per heavy atom. The summed E-state index contributed by atoms with van der Waals surface area (Å²) in [7, 11) is 0. The van der Waals surface area contributed by atoms with E-state index in [9.17, 15) is 29.7 Å². The van der Waals surface area contributed by atoms with Gasteiger partial charge in [-0.2, -0.15) is 0 Å². The molecule has 9 nitrogen and oxygen atoms in total. The smallest absolute Gasteiger partial charge is 0.347 e. The van der Waals surface area contributed by atoms with E-state index in [4.69, 9.17) is 14.2 Å². The van der Waals surface area contributed by atoms with Crippen molar-refractivity contribution in [1.29, 1.82) is 0 Å². The van der Waals surface area contributed by atoms with Crippen molar-refractivity contribution >= 4 is 18.2 Å². The number of benzene rings is 2. The zero-order chi connectivity index (χ0) is 19.6. The number of hydrogen-bond acceptors (Lipinski definition) is 9. The third-order valence-corrected chi connectivity index (χ3v) is 4.54. The van der Waals surface area contributed by atoms with Crippen LogP contribution in [0.2, 0.25) is 0 Å². The van der Waals surface area contributed by atoms with Crippen molar-refractivity contribution in [2.24, 2.45) is 0 Å². The molecular weight excluding hydrogens is 360 g/mol. The van der Waals surface area contributed by atoms with E-state index in [0.717, 1.165) is 0 Å². The van der Waals surface area contributed by atoms with Crippen LogP contribution in [0.5, 0.6) is 28.7 Å². The Balaban J connectivity index is 2.10. The fourth-order valence-corrected chi connectivity index (χ4v) is 3.22. The molecule has 0 bridgehead atoms. The molecule has 3 N–H and O–H groups in total. The van der Waals surface area contributed by atoms with Gasteiger partial charge in [-0.15, -0.1) is 0 Å². The number of aryl methyl sites for hydroxylation is 1. The summed E-state index contributed by atoms with van der Waals surface area (Å²) in [5.41, 5.74) is -0.708. The molecule has 2 aromatic carbocycles. The molecule has 9 heteroatoms. The zero-order valence-electron chi connectivity index (χ0n) is 14.0. The van der Waals surface area contributed by atoms with Crippen LogP contribution in [-0.4, -0.2) is 33.5 Å². The first kappa shape index (κ1) is 16.9. The first-order valence-electron chi connectivity index (χ1n) is 7.76. The number of esters is 2. The number of aliphatic hydroxyl groups is 1. The molecule has 4 rings (SSSR count). The van der Waals surface area contributed by atoms with Gasteiger partial charge >= 0.3 is 11.9 Å². The van der Waals surface area contributed by atoms with Crippen LogP contribution in [0.25, 0.3) is 0 Å². The maximum Gasteiger partial charge on any atom is 0.347 e. The maximum absolute atomic E-state index is 12.6. The molecule has 0 saturated carbocycles. The summed E-state index contributed by atoms with van der Waals surface area (Å²) >= 11 is 0. The van der Waals surface area contributed by atoms with Gasteiger partial charge in [-0.25, -0.2) is 9.59 Å². The number of rotatable bonds is 1. The molecule has 0 aromatic heterocycles. The quantitative estimate of drug-likeness (QED) is 0.389. The number of fused-ring (bicyclic) bond motifs is 4. The minimum Gasteiger partial charge on any atom is -0.507 e. The Morgan fingerprint density at radius 2 is 1.70 bits per heavy atom. The third-order valence-electron chi connectivity index (χ3n) is 4.54. The highest BCUT2D eigenvalue weighted by atomic mass is 16.6. The van der Waals surface area contributed by atoms with Crippen LogP contribution in [0.4, 0.5) is 0 Å². The fraction of sp³-hybridized carbons (Fsp3) is 0.167. The molecule has 2 aliphatic rings. The zero-order valence-corrected chi connectivity index (χ0v) is 14.0. The van der Waals surface area contributed by atoms with Crippen molar-refractivity contribution in [3.05, 3.63) is 39.4 Å². The van der Waals surface area contributed by atoms with Gasteiger partial charge < -0.3 is 29.5 Å². The second kappa shape index (κ2) is 5.45. The molecule has 2 aromatic rings. The Kier molecular flexibility index (Phi) is 3.40. The molecule has 27 heavy (non-hydrogen) atoms. The Bertz CT molecular complexity index is 1070. The van der Waals surface area contributed by atoms with Gasteiger partial charge in [-0.3, -0.25) is 4.79 Å². The minimum atomic E-state index is -1.77. The molecule has 0 aliphatic carbocycles. The second-order valence-electron chi connectivity index (χ2n) is 6.12. The van der Waals surface area contributed by atoms with E-state index < -0.39 is 29.7 Å². The van der Waals surface area contributed by atoms with Crippen molar-refractivity contribution in [3.63, 3.8) is 0 Å². The second-order valence-corrected chi connectivity index (χ2v) is 6.12. The molecule has 138 valence electrons. The fourth-order valence-electron chi connectivity index (χ4n) is 3.22. The highest BCUT2D eigenvalue weighted by Crippen LogP contribution is 2.53. The van der Waals surface area contributed by atoms with E-state index in [-0.39, 0.29) is 50.6 Å².